The number of likely N-dealkylation sites (tertiary alicyclic amines) is 1. The predicted octanol–water partition coefficient (Wildman–Crippen LogP) is 2.60. The SMILES string of the molecule is CC1CCN(C(=O)C2CC=CCC2)CC1. The Kier molecular flexibility index (Phi) is 3.45. The van der Waals surface area contributed by atoms with Crippen molar-refractivity contribution < 1.29 is 4.79 Å². The van der Waals surface area contributed by atoms with Crippen LogP contribution in [0.15, 0.2) is 12.2 Å². The predicted molar refractivity (Wildman–Crippen MR) is 61.5 cm³/mol. The van der Waals surface area contributed by atoms with Gasteiger partial charge in [-0.2, -0.15) is 0 Å². The Morgan fingerprint density at radius 1 is 1.20 bits per heavy atom. The van der Waals surface area contributed by atoms with Crippen molar-refractivity contribution in [3.63, 3.8) is 0 Å². The van der Waals surface area contributed by atoms with E-state index >= 15 is 0 Å². The van der Waals surface area contributed by atoms with E-state index in [9.17, 15) is 4.79 Å². The molecule has 0 N–H and O–H groups in total. The third-order valence-electron chi connectivity index (χ3n) is 3.71. The molecule has 0 aromatic carbocycles. The van der Waals surface area contributed by atoms with Gasteiger partial charge in [0.15, 0.2) is 0 Å². The third kappa shape index (κ3) is 2.61. The van der Waals surface area contributed by atoms with Crippen molar-refractivity contribution in [3.8, 4) is 0 Å². The highest BCUT2D eigenvalue weighted by molar-refractivity contribution is 5.79. The normalized spacial score (nSPS) is 28.1. The maximum atomic E-state index is 12.2. The number of nitrogens with zero attached hydrogens (tertiary/aromatic N) is 1. The Hall–Kier alpha value is -0.790. The van der Waals surface area contributed by atoms with Gasteiger partial charge in [-0.05, 0) is 38.0 Å². The molecule has 0 saturated carbocycles. The van der Waals surface area contributed by atoms with Crippen molar-refractivity contribution in [2.75, 3.05) is 13.1 Å². The highest BCUT2D eigenvalue weighted by Gasteiger charge is 2.26. The quantitative estimate of drug-likeness (QED) is 0.605. The minimum absolute atomic E-state index is 0.281. The molecule has 15 heavy (non-hydrogen) atoms. The van der Waals surface area contributed by atoms with Crippen LogP contribution in [-0.2, 0) is 4.79 Å². The first-order chi connectivity index (χ1) is 7.27. The summed E-state index contributed by atoms with van der Waals surface area (Å²) in [5.74, 6) is 1.50. The van der Waals surface area contributed by atoms with Crippen LogP contribution in [0, 0.1) is 11.8 Å². The molecule has 1 unspecified atom stereocenters. The number of piperidine rings is 1. The monoisotopic (exact) mass is 207 g/mol. The molecule has 1 amide bonds. The molecule has 2 nitrogen and oxygen atoms in total. The summed E-state index contributed by atoms with van der Waals surface area (Å²) < 4.78 is 0. The summed E-state index contributed by atoms with van der Waals surface area (Å²) in [4.78, 5) is 14.2. The van der Waals surface area contributed by atoms with E-state index in [0.717, 1.165) is 38.3 Å². The van der Waals surface area contributed by atoms with Gasteiger partial charge in [0.2, 0.25) is 5.91 Å². The van der Waals surface area contributed by atoms with Crippen LogP contribution in [0.25, 0.3) is 0 Å². The number of amides is 1. The minimum atomic E-state index is 0.281. The Morgan fingerprint density at radius 2 is 1.93 bits per heavy atom. The number of rotatable bonds is 1. The van der Waals surface area contributed by atoms with E-state index in [1.807, 2.05) is 0 Å². The number of carbonyl (C=O) groups is 1. The van der Waals surface area contributed by atoms with E-state index in [1.54, 1.807) is 0 Å². The fraction of sp³-hybridized carbons (Fsp3) is 0.769. The molecular formula is C13H21NO. The molecule has 1 fully saturated rings. The molecule has 1 aliphatic carbocycles. The van der Waals surface area contributed by atoms with Crippen LogP contribution in [-0.4, -0.2) is 23.9 Å². The number of carbonyl (C=O) groups excluding carboxylic acids is 1. The first-order valence-corrected chi connectivity index (χ1v) is 6.21. The minimum Gasteiger partial charge on any atom is -0.342 e. The summed E-state index contributed by atoms with van der Waals surface area (Å²) in [7, 11) is 0. The Balaban J connectivity index is 1.87. The van der Waals surface area contributed by atoms with Crippen LogP contribution in [0.1, 0.15) is 39.0 Å². The zero-order valence-corrected chi connectivity index (χ0v) is 9.61. The van der Waals surface area contributed by atoms with Crippen LogP contribution >= 0.6 is 0 Å². The average molecular weight is 207 g/mol. The summed E-state index contributed by atoms with van der Waals surface area (Å²) in [5.41, 5.74) is 0. The van der Waals surface area contributed by atoms with Crippen LogP contribution in [0.5, 0.6) is 0 Å². The molecule has 2 rings (SSSR count). The summed E-state index contributed by atoms with van der Waals surface area (Å²) >= 11 is 0. The Morgan fingerprint density at radius 3 is 2.53 bits per heavy atom. The summed E-state index contributed by atoms with van der Waals surface area (Å²) in [6.45, 7) is 4.26. The second kappa shape index (κ2) is 4.82. The molecule has 1 atom stereocenters. The van der Waals surface area contributed by atoms with E-state index in [0.29, 0.717) is 5.91 Å². The lowest BCUT2D eigenvalue weighted by Gasteiger charge is -2.33. The molecule has 2 aliphatic rings. The lowest BCUT2D eigenvalue weighted by molar-refractivity contribution is -0.137. The maximum absolute atomic E-state index is 12.2. The zero-order valence-electron chi connectivity index (χ0n) is 9.61. The first-order valence-electron chi connectivity index (χ1n) is 6.21. The van der Waals surface area contributed by atoms with Gasteiger partial charge in [0.1, 0.15) is 0 Å². The van der Waals surface area contributed by atoms with Gasteiger partial charge in [0.25, 0.3) is 0 Å². The molecule has 0 aromatic heterocycles. The van der Waals surface area contributed by atoms with Crippen LogP contribution in [0.2, 0.25) is 0 Å². The van der Waals surface area contributed by atoms with Crippen molar-refractivity contribution in [2.45, 2.75) is 39.0 Å². The Bertz CT molecular complexity index is 251. The van der Waals surface area contributed by atoms with E-state index in [-0.39, 0.29) is 5.92 Å². The topological polar surface area (TPSA) is 20.3 Å². The molecule has 0 spiro atoms. The van der Waals surface area contributed by atoms with Gasteiger partial charge in [-0.15, -0.1) is 0 Å². The molecule has 1 aliphatic heterocycles. The van der Waals surface area contributed by atoms with Gasteiger partial charge < -0.3 is 4.90 Å². The average Bonchev–Trinajstić information content (AvgIpc) is 2.30. The molecular weight excluding hydrogens is 186 g/mol. The van der Waals surface area contributed by atoms with Gasteiger partial charge >= 0.3 is 0 Å². The van der Waals surface area contributed by atoms with Crippen LogP contribution < -0.4 is 0 Å². The van der Waals surface area contributed by atoms with E-state index in [4.69, 9.17) is 0 Å². The molecule has 1 heterocycles. The van der Waals surface area contributed by atoms with Gasteiger partial charge in [-0.1, -0.05) is 19.1 Å². The fourth-order valence-corrected chi connectivity index (χ4v) is 2.51. The maximum Gasteiger partial charge on any atom is 0.226 e. The van der Waals surface area contributed by atoms with Crippen molar-refractivity contribution in [2.24, 2.45) is 11.8 Å². The van der Waals surface area contributed by atoms with Crippen LogP contribution in [0.3, 0.4) is 0 Å². The van der Waals surface area contributed by atoms with E-state index < -0.39 is 0 Å². The fourth-order valence-electron chi connectivity index (χ4n) is 2.51. The third-order valence-corrected chi connectivity index (χ3v) is 3.71. The molecule has 84 valence electrons. The number of hydrogen-bond donors (Lipinski definition) is 0. The van der Waals surface area contributed by atoms with E-state index in [1.165, 1.54) is 12.8 Å². The summed E-state index contributed by atoms with van der Waals surface area (Å²) in [6.07, 6.45) is 9.84. The highest BCUT2D eigenvalue weighted by Crippen LogP contribution is 2.23. The van der Waals surface area contributed by atoms with Gasteiger partial charge in [-0.3, -0.25) is 4.79 Å². The molecule has 0 radical (unpaired) electrons. The van der Waals surface area contributed by atoms with Crippen LogP contribution in [0.4, 0.5) is 0 Å². The second-order valence-electron chi connectivity index (χ2n) is 4.99. The summed E-state index contributed by atoms with van der Waals surface area (Å²) in [6, 6.07) is 0. The van der Waals surface area contributed by atoms with E-state index in [2.05, 4.69) is 24.0 Å². The first kappa shape index (κ1) is 10.7. The van der Waals surface area contributed by atoms with Gasteiger partial charge in [-0.25, -0.2) is 0 Å². The lowest BCUT2D eigenvalue weighted by Crippen LogP contribution is -2.41. The van der Waals surface area contributed by atoms with Gasteiger partial charge in [0, 0.05) is 19.0 Å². The standard InChI is InChI=1S/C13H21NO/c1-11-7-9-14(10-8-11)13(15)12-5-3-2-4-6-12/h2-3,11-12H,4-10H2,1H3. The second-order valence-corrected chi connectivity index (χ2v) is 4.99. The molecule has 0 aromatic rings. The van der Waals surface area contributed by atoms with Crippen molar-refractivity contribution in [1.29, 1.82) is 0 Å². The number of hydrogen-bond acceptors (Lipinski definition) is 1. The molecule has 2 heteroatoms. The largest absolute Gasteiger partial charge is 0.342 e. The van der Waals surface area contributed by atoms with Crippen molar-refractivity contribution in [3.05, 3.63) is 12.2 Å². The smallest absolute Gasteiger partial charge is 0.226 e. The van der Waals surface area contributed by atoms with Crippen molar-refractivity contribution >= 4 is 5.91 Å². The number of allylic oxidation sites excluding steroid dienone is 2. The van der Waals surface area contributed by atoms with Crippen molar-refractivity contribution in [1.82, 2.24) is 4.90 Å². The molecule has 1 saturated heterocycles. The summed E-state index contributed by atoms with van der Waals surface area (Å²) in [5, 5.41) is 0. The Labute approximate surface area is 92.3 Å². The zero-order chi connectivity index (χ0) is 10.7. The highest BCUT2D eigenvalue weighted by atomic mass is 16.2. The lowest BCUT2D eigenvalue weighted by atomic mass is 9.91. The van der Waals surface area contributed by atoms with Gasteiger partial charge in [0.05, 0.1) is 0 Å². The molecule has 0 bridgehead atoms.